The van der Waals surface area contributed by atoms with E-state index in [-0.39, 0.29) is 5.92 Å². The van der Waals surface area contributed by atoms with Crippen LogP contribution in [0.4, 0.5) is 0 Å². The molecule has 0 spiro atoms. The van der Waals surface area contributed by atoms with Crippen LogP contribution in [0.15, 0.2) is 23.8 Å². The van der Waals surface area contributed by atoms with Gasteiger partial charge >= 0.3 is 5.97 Å². The van der Waals surface area contributed by atoms with E-state index in [0.29, 0.717) is 12.3 Å². The van der Waals surface area contributed by atoms with E-state index in [0.717, 1.165) is 6.42 Å². The maximum Gasteiger partial charge on any atom is 0.310 e. The highest BCUT2D eigenvalue weighted by Crippen LogP contribution is 2.21. The zero-order chi connectivity index (χ0) is 9.84. The third-order valence-corrected chi connectivity index (χ3v) is 2.14. The van der Waals surface area contributed by atoms with E-state index in [1.807, 2.05) is 12.2 Å². The molecule has 1 N–H and O–H groups in total. The van der Waals surface area contributed by atoms with Crippen LogP contribution in [-0.2, 0) is 4.79 Å². The summed E-state index contributed by atoms with van der Waals surface area (Å²) < 4.78 is 0. The summed E-state index contributed by atoms with van der Waals surface area (Å²) in [6.45, 7) is 4.33. The van der Waals surface area contributed by atoms with Crippen molar-refractivity contribution in [2.24, 2.45) is 11.8 Å². The summed E-state index contributed by atoms with van der Waals surface area (Å²) in [5.74, 6) is -0.399. The van der Waals surface area contributed by atoms with Gasteiger partial charge in [0.2, 0.25) is 0 Å². The average molecular weight is 180 g/mol. The number of carboxylic acids is 1. The fourth-order valence-electron chi connectivity index (χ4n) is 1.47. The zero-order valence-corrected chi connectivity index (χ0v) is 8.16. The predicted molar refractivity (Wildman–Crippen MR) is 52.4 cm³/mol. The van der Waals surface area contributed by atoms with Crippen molar-refractivity contribution in [2.45, 2.75) is 26.7 Å². The summed E-state index contributed by atoms with van der Waals surface area (Å²) in [6, 6.07) is 0. The number of aliphatic carboxylic acids is 1. The van der Waals surface area contributed by atoms with Gasteiger partial charge in [-0.2, -0.15) is 0 Å². The highest BCUT2D eigenvalue weighted by Gasteiger charge is 2.15. The molecule has 0 fully saturated rings. The topological polar surface area (TPSA) is 37.3 Å². The van der Waals surface area contributed by atoms with E-state index in [1.54, 1.807) is 6.08 Å². The summed E-state index contributed by atoms with van der Waals surface area (Å²) >= 11 is 0. The van der Waals surface area contributed by atoms with E-state index in [1.165, 1.54) is 5.57 Å². The zero-order valence-electron chi connectivity index (χ0n) is 8.16. The second-order valence-corrected chi connectivity index (χ2v) is 3.92. The quantitative estimate of drug-likeness (QED) is 0.724. The van der Waals surface area contributed by atoms with Crippen molar-refractivity contribution in [1.29, 1.82) is 0 Å². The summed E-state index contributed by atoms with van der Waals surface area (Å²) in [7, 11) is 0. The smallest absolute Gasteiger partial charge is 0.310 e. The van der Waals surface area contributed by atoms with Crippen LogP contribution in [0.3, 0.4) is 0 Å². The normalized spacial score (nSPS) is 21.8. The van der Waals surface area contributed by atoms with Crippen LogP contribution in [0.25, 0.3) is 0 Å². The Labute approximate surface area is 79.0 Å². The van der Waals surface area contributed by atoms with Crippen molar-refractivity contribution in [2.75, 3.05) is 0 Å². The highest BCUT2D eigenvalue weighted by atomic mass is 16.4. The molecule has 2 heteroatoms. The molecule has 0 bridgehead atoms. The van der Waals surface area contributed by atoms with Gasteiger partial charge in [-0.05, 0) is 18.8 Å². The van der Waals surface area contributed by atoms with Crippen molar-refractivity contribution in [3.63, 3.8) is 0 Å². The first-order chi connectivity index (χ1) is 6.09. The van der Waals surface area contributed by atoms with E-state index in [9.17, 15) is 4.79 Å². The van der Waals surface area contributed by atoms with Gasteiger partial charge < -0.3 is 5.11 Å². The van der Waals surface area contributed by atoms with Crippen LogP contribution in [0.5, 0.6) is 0 Å². The molecule has 2 nitrogen and oxygen atoms in total. The van der Waals surface area contributed by atoms with Crippen LogP contribution in [0.1, 0.15) is 26.7 Å². The molecule has 0 aromatic heterocycles. The van der Waals surface area contributed by atoms with Gasteiger partial charge in [-0.15, -0.1) is 0 Å². The number of carboxylic acid groups (broad SMARTS) is 1. The molecule has 0 aromatic rings. The maximum atomic E-state index is 10.6. The molecule has 0 amide bonds. The first-order valence-electron chi connectivity index (χ1n) is 4.69. The van der Waals surface area contributed by atoms with E-state index >= 15 is 0 Å². The van der Waals surface area contributed by atoms with Gasteiger partial charge in [0.25, 0.3) is 0 Å². The summed E-state index contributed by atoms with van der Waals surface area (Å²) in [5.41, 5.74) is 1.27. The van der Waals surface area contributed by atoms with Crippen LogP contribution in [-0.4, -0.2) is 11.1 Å². The lowest BCUT2D eigenvalue weighted by molar-refractivity contribution is -0.139. The second kappa shape index (κ2) is 4.26. The lowest BCUT2D eigenvalue weighted by Gasteiger charge is -2.13. The number of carbonyl (C=O) groups is 1. The van der Waals surface area contributed by atoms with Gasteiger partial charge in [0.05, 0.1) is 5.92 Å². The molecule has 1 aliphatic carbocycles. The maximum absolute atomic E-state index is 10.6. The highest BCUT2D eigenvalue weighted by molar-refractivity contribution is 5.73. The predicted octanol–water partition coefficient (Wildman–Crippen LogP) is 2.62. The van der Waals surface area contributed by atoms with Gasteiger partial charge in [-0.3, -0.25) is 4.79 Å². The molecule has 0 heterocycles. The summed E-state index contributed by atoms with van der Waals surface area (Å²) in [4.78, 5) is 10.6. The van der Waals surface area contributed by atoms with Crippen molar-refractivity contribution in [1.82, 2.24) is 0 Å². The Morgan fingerprint density at radius 3 is 2.77 bits per heavy atom. The molecule has 1 unspecified atom stereocenters. The molecule has 13 heavy (non-hydrogen) atoms. The lowest BCUT2D eigenvalue weighted by Crippen LogP contribution is -2.12. The van der Waals surface area contributed by atoms with Crippen LogP contribution in [0.2, 0.25) is 0 Å². The lowest BCUT2D eigenvalue weighted by atomic mass is 9.92. The van der Waals surface area contributed by atoms with Crippen LogP contribution < -0.4 is 0 Å². The average Bonchev–Trinajstić information content (AvgIpc) is 2.04. The largest absolute Gasteiger partial charge is 0.481 e. The van der Waals surface area contributed by atoms with Crippen LogP contribution >= 0.6 is 0 Å². The van der Waals surface area contributed by atoms with Crippen molar-refractivity contribution < 1.29 is 9.90 Å². The fraction of sp³-hybridized carbons (Fsp3) is 0.545. The molecule has 1 atom stereocenters. The molecule has 1 rings (SSSR count). The molecule has 1 aliphatic rings. The number of rotatable bonds is 3. The number of allylic oxidation sites excluding steroid dienone is 3. The Hall–Kier alpha value is -1.05. The van der Waals surface area contributed by atoms with E-state index in [4.69, 9.17) is 5.11 Å². The number of hydrogen-bond acceptors (Lipinski definition) is 1. The summed E-state index contributed by atoms with van der Waals surface area (Å²) in [5, 5.41) is 8.73. The molecule has 0 saturated carbocycles. The number of hydrogen-bond donors (Lipinski definition) is 1. The second-order valence-electron chi connectivity index (χ2n) is 3.92. The molecule has 72 valence electrons. The third-order valence-electron chi connectivity index (χ3n) is 2.14. The van der Waals surface area contributed by atoms with Crippen LogP contribution in [0, 0.1) is 11.8 Å². The van der Waals surface area contributed by atoms with Crippen molar-refractivity contribution >= 4 is 5.97 Å². The standard InChI is InChI=1S/C11H16O2/c1-8(2)7-9-3-5-10(6-4-9)11(12)13/h3-5,8,10H,6-7H2,1-2H3,(H,12,13). The van der Waals surface area contributed by atoms with Crippen molar-refractivity contribution in [3.05, 3.63) is 23.8 Å². The molecular weight excluding hydrogens is 164 g/mol. The van der Waals surface area contributed by atoms with Gasteiger partial charge in [-0.1, -0.05) is 37.6 Å². The van der Waals surface area contributed by atoms with Gasteiger partial charge in [0.1, 0.15) is 0 Å². The van der Waals surface area contributed by atoms with Gasteiger partial charge in [0.15, 0.2) is 0 Å². The van der Waals surface area contributed by atoms with E-state index < -0.39 is 5.97 Å². The van der Waals surface area contributed by atoms with Gasteiger partial charge in [0, 0.05) is 0 Å². The fourth-order valence-corrected chi connectivity index (χ4v) is 1.47. The molecular formula is C11H16O2. The van der Waals surface area contributed by atoms with E-state index in [2.05, 4.69) is 13.8 Å². The Kier molecular flexibility index (Phi) is 3.29. The monoisotopic (exact) mass is 180 g/mol. The molecule has 0 aromatic carbocycles. The minimum absolute atomic E-state index is 0.309. The molecule has 0 radical (unpaired) electrons. The third kappa shape index (κ3) is 3.05. The Morgan fingerprint density at radius 2 is 2.38 bits per heavy atom. The molecule has 0 saturated heterocycles. The minimum Gasteiger partial charge on any atom is -0.481 e. The van der Waals surface area contributed by atoms with Crippen molar-refractivity contribution in [3.8, 4) is 0 Å². The Morgan fingerprint density at radius 1 is 1.69 bits per heavy atom. The first-order valence-corrected chi connectivity index (χ1v) is 4.69. The summed E-state index contributed by atoms with van der Waals surface area (Å²) in [6.07, 6.45) is 7.47. The SMILES string of the molecule is CC(C)CC1=CCC(C(=O)O)C=C1. The molecule has 0 aliphatic heterocycles. The Balaban J connectivity index is 2.50. The van der Waals surface area contributed by atoms with Gasteiger partial charge in [-0.25, -0.2) is 0 Å². The Bertz CT molecular complexity index is 249. The first kappa shape index (κ1) is 10.0. The minimum atomic E-state index is -0.726.